The summed E-state index contributed by atoms with van der Waals surface area (Å²) < 4.78 is 0. The molecule has 1 atom stereocenters. The minimum Gasteiger partial charge on any atom is -0.389 e. The van der Waals surface area contributed by atoms with Crippen molar-refractivity contribution in [2.75, 3.05) is 0 Å². The van der Waals surface area contributed by atoms with E-state index in [0.29, 0.717) is 0 Å². The van der Waals surface area contributed by atoms with E-state index in [0.717, 1.165) is 31.3 Å². The summed E-state index contributed by atoms with van der Waals surface area (Å²) in [7, 11) is 0. The van der Waals surface area contributed by atoms with Gasteiger partial charge in [0.05, 0.1) is 6.10 Å². The quantitative estimate of drug-likeness (QED) is 0.624. The Morgan fingerprint density at radius 1 is 1.31 bits per heavy atom. The van der Waals surface area contributed by atoms with Gasteiger partial charge in [-0.05, 0) is 31.8 Å². The number of rotatable bonds is 6. The first-order chi connectivity index (χ1) is 6.22. The van der Waals surface area contributed by atoms with Crippen LogP contribution < -0.4 is 0 Å². The molecule has 0 aromatic carbocycles. The molecule has 0 saturated heterocycles. The highest BCUT2D eigenvalue weighted by molar-refractivity contribution is 5.06. The van der Waals surface area contributed by atoms with Crippen LogP contribution in [0.5, 0.6) is 0 Å². The smallest absolute Gasteiger partial charge is 0.0747 e. The molecule has 0 heterocycles. The van der Waals surface area contributed by atoms with Crippen LogP contribution in [0.25, 0.3) is 0 Å². The molecule has 0 aromatic rings. The van der Waals surface area contributed by atoms with Crippen LogP contribution >= 0.6 is 0 Å². The van der Waals surface area contributed by atoms with E-state index in [1.807, 2.05) is 6.92 Å². The molecule has 0 bridgehead atoms. The van der Waals surface area contributed by atoms with Gasteiger partial charge in [-0.15, -0.1) is 0 Å². The second-order valence-electron chi connectivity index (χ2n) is 3.37. The van der Waals surface area contributed by atoms with Gasteiger partial charge in [0, 0.05) is 0 Å². The minimum atomic E-state index is -0.236. The van der Waals surface area contributed by atoms with Crippen LogP contribution in [-0.2, 0) is 0 Å². The van der Waals surface area contributed by atoms with Crippen molar-refractivity contribution in [1.82, 2.24) is 0 Å². The topological polar surface area (TPSA) is 20.2 Å². The highest BCUT2D eigenvalue weighted by Crippen LogP contribution is 2.08. The molecule has 76 valence electrons. The van der Waals surface area contributed by atoms with E-state index in [1.165, 1.54) is 0 Å². The first kappa shape index (κ1) is 12.4. The lowest BCUT2D eigenvalue weighted by atomic mass is 10.1. The number of aliphatic hydroxyl groups is 1. The molecule has 0 aromatic heterocycles. The Bertz CT molecular complexity index is 168. The first-order valence-corrected chi connectivity index (χ1v) is 5.22. The zero-order valence-corrected chi connectivity index (χ0v) is 9.09. The lowest BCUT2D eigenvalue weighted by Gasteiger charge is -2.08. The molecule has 0 amide bonds. The number of hydrogen-bond donors (Lipinski definition) is 1. The molecule has 0 aliphatic rings. The molecule has 13 heavy (non-hydrogen) atoms. The molecule has 0 aliphatic heterocycles. The fourth-order valence-electron chi connectivity index (χ4n) is 1.15. The Morgan fingerprint density at radius 2 is 2.00 bits per heavy atom. The van der Waals surface area contributed by atoms with E-state index in [2.05, 4.69) is 32.1 Å². The second kappa shape index (κ2) is 8.06. The molecule has 0 saturated carbocycles. The summed E-state index contributed by atoms with van der Waals surface area (Å²) >= 11 is 0. The maximum absolute atomic E-state index is 9.58. The van der Waals surface area contributed by atoms with E-state index in [1.54, 1.807) is 0 Å². The van der Waals surface area contributed by atoms with Crippen molar-refractivity contribution in [1.29, 1.82) is 0 Å². The normalized spacial score (nSPS) is 15.2. The van der Waals surface area contributed by atoms with Crippen LogP contribution in [0.1, 0.15) is 46.5 Å². The zero-order valence-electron chi connectivity index (χ0n) is 9.09. The molecule has 0 rings (SSSR count). The second-order valence-corrected chi connectivity index (χ2v) is 3.37. The van der Waals surface area contributed by atoms with Crippen molar-refractivity contribution in [2.45, 2.75) is 52.6 Å². The largest absolute Gasteiger partial charge is 0.389 e. The number of hydrogen-bond acceptors (Lipinski definition) is 1. The lowest BCUT2D eigenvalue weighted by Crippen LogP contribution is -2.06. The third-order valence-corrected chi connectivity index (χ3v) is 2.07. The van der Waals surface area contributed by atoms with Crippen molar-refractivity contribution in [3.05, 3.63) is 23.8 Å². The van der Waals surface area contributed by atoms with Crippen molar-refractivity contribution in [2.24, 2.45) is 0 Å². The molecule has 1 heteroatoms. The third-order valence-electron chi connectivity index (χ3n) is 2.07. The van der Waals surface area contributed by atoms with Crippen LogP contribution in [0.15, 0.2) is 23.8 Å². The zero-order chi connectivity index (χ0) is 10.1. The van der Waals surface area contributed by atoms with E-state index in [-0.39, 0.29) is 6.10 Å². The maximum Gasteiger partial charge on any atom is 0.0747 e. The fourth-order valence-corrected chi connectivity index (χ4v) is 1.15. The Labute approximate surface area is 82.2 Å². The van der Waals surface area contributed by atoms with Gasteiger partial charge in [0.25, 0.3) is 0 Å². The molecule has 0 aliphatic carbocycles. The average molecular weight is 182 g/mol. The van der Waals surface area contributed by atoms with Crippen molar-refractivity contribution >= 4 is 0 Å². The Morgan fingerprint density at radius 3 is 2.54 bits per heavy atom. The summed E-state index contributed by atoms with van der Waals surface area (Å²) in [6, 6.07) is 0. The van der Waals surface area contributed by atoms with Gasteiger partial charge in [-0.3, -0.25) is 0 Å². The average Bonchev–Trinajstić information content (AvgIpc) is 2.12. The van der Waals surface area contributed by atoms with Gasteiger partial charge in [-0.1, -0.05) is 38.5 Å². The van der Waals surface area contributed by atoms with Crippen molar-refractivity contribution in [3.63, 3.8) is 0 Å². The van der Waals surface area contributed by atoms with E-state index >= 15 is 0 Å². The third kappa shape index (κ3) is 6.59. The highest BCUT2D eigenvalue weighted by atomic mass is 16.3. The molecular formula is C12H22O. The SMILES string of the molecule is CC/C=C/C/C=C(\C)C(O)CCC. The summed E-state index contributed by atoms with van der Waals surface area (Å²) in [6.07, 6.45) is 10.1. The minimum absolute atomic E-state index is 0.236. The van der Waals surface area contributed by atoms with Gasteiger partial charge in [0.15, 0.2) is 0 Å². The molecule has 1 nitrogen and oxygen atoms in total. The molecule has 1 unspecified atom stereocenters. The molecule has 0 spiro atoms. The van der Waals surface area contributed by atoms with E-state index in [4.69, 9.17) is 0 Å². The standard InChI is InChI=1S/C12H22O/c1-4-6-7-8-10-11(3)12(13)9-5-2/h6-7,10,12-13H,4-5,8-9H2,1-3H3/b7-6+,11-10+. The summed E-state index contributed by atoms with van der Waals surface area (Å²) in [5.74, 6) is 0. The molecule has 0 radical (unpaired) electrons. The Hall–Kier alpha value is -0.560. The molecule has 0 fully saturated rings. The Kier molecular flexibility index (Phi) is 7.71. The summed E-state index contributed by atoms with van der Waals surface area (Å²) in [4.78, 5) is 0. The fraction of sp³-hybridized carbons (Fsp3) is 0.667. The van der Waals surface area contributed by atoms with E-state index < -0.39 is 0 Å². The summed E-state index contributed by atoms with van der Waals surface area (Å²) in [6.45, 7) is 6.21. The van der Waals surface area contributed by atoms with Gasteiger partial charge in [-0.25, -0.2) is 0 Å². The lowest BCUT2D eigenvalue weighted by molar-refractivity contribution is 0.199. The van der Waals surface area contributed by atoms with Gasteiger partial charge in [0.2, 0.25) is 0 Å². The van der Waals surface area contributed by atoms with Crippen LogP contribution in [0.2, 0.25) is 0 Å². The van der Waals surface area contributed by atoms with Gasteiger partial charge in [-0.2, -0.15) is 0 Å². The number of allylic oxidation sites excluding steroid dienone is 3. The maximum atomic E-state index is 9.58. The van der Waals surface area contributed by atoms with Crippen molar-refractivity contribution < 1.29 is 5.11 Å². The van der Waals surface area contributed by atoms with Crippen molar-refractivity contribution in [3.8, 4) is 0 Å². The molecule has 1 N–H and O–H groups in total. The summed E-state index contributed by atoms with van der Waals surface area (Å²) in [5, 5.41) is 9.58. The van der Waals surface area contributed by atoms with Crippen LogP contribution in [-0.4, -0.2) is 11.2 Å². The predicted octanol–water partition coefficient (Wildman–Crippen LogP) is 3.45. The monoisotopic (exact) mass is 182 g/mol. The summed E-state index contributed by atoms with van der Waals surface area (Å²) in [5.41, 5.74) is 1.10. The molecular weight excluding hydrogens is 160 g/mol. The van der Waals surface area contributed by atoms with Crippen LogP contribution in [0.4, 0.5) is 0 Å². The number of aliphatic hydroxyl groups excluding tert-OH is 1. The van der Waals surface area contributed by atoms with Gasteiger partial charge < -0.3 is 5.11 Å². The van der Waals surface area contributed by atoms with Gasteiger partial charge >= 0.3 is 0 Å². The first-order valence-electron chi connectivity index (χ1n) is 5.22. The Balaban J connectivity index is 3.79. The predicted molar refractivity (Wildman–Crippen MR) is 58.7 cm³/mol. The van der Waals surface area contributed by atoms with E-state index in [9.17, 15) is 5.11 Å². The highest BCUT2D eigenvalue weighted by Gasteiger charge is 2.02. The van der Waals surface area contributed by atoms with Gasteiger partial charge in [0.1, 0.15) is 0 Å². The van der Waals surface area contributed by atoms with Crippen LogP contribution in [0, 0.1) is 0 Å². The van der Waals surface area contributed by atoms with Crippen LogP contribution in [0.3, 0.4) is 0 Å².